The van der Waals surface area contributed by atoms with Gasteiger partial charge in [-0.1, -0.05) is 11.6 Å². The highest BCUT2D eigenvalue weighted by Crippen LogP contribution is 2.34. The minimum atomic E-state index is -0.704. The van der Waals surface area contributed by atoms with Crippen molar-refractivity contribution in [3.05, 3.63) is 40.1 Å². The number of allylic oxidation sites excluding steroid dienone is 1. The second kappa shape index (κ2) is 4.93. The molecule has 2 rings (SSSR count). The standard InChI is InChI=1S/C13H13ClN2O3/c1-6-11(7(2)17)12(16-13(19)15-6)9-5-8(14)3-4-10(9)18/h3-5,12,18H,1-2H3,(H2,15,16,19)/t12-/m1/s1. The summed E-state index contributed by atoms with van der Waals surface area (Å²) in [5.41, 5.74) is 1.27. The molecule has 0 saturated carbocycles. The summed E-state index contributed by atoms with van der Waals surface area (Å²) in [5, 5.41) is 15.5. The van der Waals surface area contributed by atoms with Gasteiger partial charge in [-0.3, -0.25) is 4.79 Å². The summed E-state index contributed by atoms with van der Waals surface area (Å²) in [4.78, 5) is 23.3. The predicted octanol–water partition coefficient (Wildman–Crippen LogP) is 2.26. The number of Topliss-reactive ketones (excluding diaryl/α,β-unsaturated/α-hetero) is 1. The molecule has 2 amide bonds. The predicted molar refractivity (Wildman–Crippen MR) is 70.9 cm³/mol. The van der Waals surface area contributed by atoms with Crippen LogP contribution in [0.15, 0.2) is 29.5 Å². The van der Waals surface area contributed by atoms with E-state index in [4.69, 9.17) is 11.6 Å². The Labute approximate surface area is 115 Å². The fourth-order valence-corrected chi connectivity index (χ4v) is 2.33. The highest BCUT2D eigenvalue weighted by atomic mass is 35.5. The fraction of sp³-hybridized carbons (Fsp3) is 0.231. The minimum Gasteiger partial charge on any atom is -0.508 e. The largest absolute Gasteiger partial charge is 0.508 e. The third-order valence-corrected chi connectivity index (χ3v) is 3.18. The van der Waals surface area contributed by atoms with Crippen LogP contribution in [0.1, 0.15) is 25.5 Å². The molecular formula is C13H13ClN2O3. The van der Waals surface area contributed by atoms with E-state index in [9.17, 15) is 14.7 Å². The van der Waals surface area contributed by atoms with Crippen LogP contribution in [0.5, 0.6) is 5.75 Å². The van der Waals surface area contributed by atoms with Crippen LogP contribution in [0.4, 0.5) is 4.79 Å². The Morgan fingerprint density at radius 3 is 2.74 bits per heavy atom. The van der Waals surface area contributed by atoms with Gasteiger partial charge in [-0.2, -0.15) is 0 Å². The summed E-state index contributed by atoms with van der Waals surface area (Å²) >= 11 is 5.90. The molecule has 1 heterocycles. The van der Waals surface area contributed by atoms with Crippen molar-refractivity contribution in [1.82, 2.24) is 10.6 Å². The first-order valence-electron chi connectivity index (χ1n) is 5.67. The lowest BCUT2D eigenvalue weighted by Crippen LogP contribution is -2.44. The molecule has 1 aromatic carbocycles. The SMILES string of the molecule is CC(=O)C1=C(C)NC(=O)N[C@@H]1c1cc(Cl)ccc1O. The maximum atomic E-state index is 11.7. The van der Waals surface area contributed by atoms with Crippen molar-refractivity contribution in [2.45, 2.75) is 19.9 Å². The van der Waals surface area contributed by atoms with Crippen LogP contribution in [0.25, 0.3) is 0 Å². The number of phenolic OH excluding ortho intramolecular Hbond substituents is 1. The molecule has 0 radical (unpaired) electrons. The maximum absolute atomic E-state index is 11.7. The molecule has 1 aromatic rings. The van der Waals surface area contributed by atoms with Crippen LogP contribution in [0.2, 0.25) is 5.02 Å². The molecule has 0 saturated heterocycles. The van der Waals surface area contributed by atoms with Gasteiger partial charge in [0, 0.05) is 21.9 Å². The van der Waals surface area contributed by atoms with E-state index in [1.54, 1.807) is 6.92 Å². The number of benzene rings is 1. The van der Waals surface area contributed by atoms with E-state index in [1.807, 2.05) is 0 Å². The topological polar surface area (TPSA) is 78.4 Å². The second-order valence-electron chi connectivity index (χ2n) is 4.33. The van der Waals surface area contributed by atoms with Crippen molar-refractivity contribution >= 4 is 23.4 Å². The van der Waals surface area contributed by atoms with Crippen LogP contribution >= 0.6 is 11.6 Å². The van der Waals surface area contributed by atoms with E-state index in [0.29, 0.717) is 21.9 Å². The lowest BCUT2D eigenvalue weighted by Gasteiger charge is -2.28. The summed E-state index contributed by atoms with van der Waals surface area (Å²) in [6, 6.07) is 3.37. The lowest BCUT2D eigenvalue weighted by molar-refractivity contribution is -0.114. The van der Waals surface area contributed by atoms with E-state index < -0.39 is 12.1 Å². The summed E-state index contributed by atoms with van der Waals surface area (Å²) in [5.74, 6) is -0.211. The molecule has 0 bridgehead atoms. The summed E-state index contributed by atoms with van der Waals surface area (Å²) in [6.45, 7) is 3.05. The van der Waals surface area contributed by atoms with Crippen LogP contribution in [-0.4, -0.2) is 16.9 Å². The van der Waals surface area contributed by atoms with Gasteiger partial charge in [-0.05, 0) is 32.0 Å². The van der Waals surface area contributed by atoms with Crippen LogP contribution < -0.4 is 10.6 Å². The molecule has 3 N–H and O–H groups in total. The van der Waals surface area contributed by atoms with Gasteiger partial charge in [0.25, 0.3) is 0 Å². The summed E-state index contributed by atoms with van der Waals surface area (Å²) in [7, 11) is 0. The zero-order chi connectivity index (χ0) is 14.2. The number of rotatable bonds is 2. The van der Waals surface area contributed by atoms with Crippen LogP contribution in [0.3, 0.4) is 0 Å². The first-order valence-corrected chi connectivity index (χ1v) is 6.05. The number of ketones is 1. The number of aromatic hydroxyl groups is 1. The number of hydrogen-bond acceptors (Lipinski definition) is 3. The molecule has 0 aromatic heterocycles. The highest BCUT2D eigenvalue weighted by Gasteiger charge is 2.30. The molecule has 1 aliphatic rings. The quantitative estimate of drug-likeness (QED) is 0.777. The van der Waals surface area contributed by atoms with Crippen molar-refractivity contribution in [2.24, 2.45) is 0 Å². The Hall–Kier alpha value is -2.01. The number of urea groups is 1. The second-order valence-corrected chi connectivity index (χ2v) is 4.77. The number of amides is 2. The third-order valence-electron chi connectivity index (χ3n) is 2.95. The van der Waals surface area contributed by atoms with Gasteiger partial charge in [-0.25, -0.2) is 4.79 Å². The Kier molecular flexibility index (Phi) is 3.48. The van der Waals surface area contributed by atoms with Crippen molar-refractivity contribution in [3.8, 4) is 5.75 Å². The molecule has 6 heteroatoms. The Morgan fingerprint density at radius 2 is 2.11 bits per heavy atom. The summed E-state index contributed by atoms with van der Waals surface area (Å²) in [6.07, 6.45) is 0. The molecule has 0 spiro atoms. The molecule has 0 fully saturated rings. The van der Waals surface area contributed by atoms with Gasteiger partial charge < -0.3 is 15.7 Å². The molecule has 1 atom stereocenters. The van der Waals surface area contributed by atoms with Gasteiger partial charge >= 0.3 is 6.03 Å². The number of hydrogen-bond donors (Lipinski definition) is 3. The fourth-order valence-electron chi connectivity index (χ4n) is 2.15. The van der Waals surface area contributed by atoms with Gasteiger partial charge in [0.2, 0.25) is 0 Å². The highest BCUT2D eigenvalue weighted by molar-refractivity contribution is 6.30. The molecule has 0 unspecified atom stereocenters. The zero-order valence-corrected chi connectivity index (χ0v) is 11.2. The minimum absolute atomic E-state index is 0.0249. The van der Waals surface area contributed by atoms with Crippen LogP contribution in [0, 0.1) is 0 Å². The van der Waals surface area contributed by atoms with E-state index >= 15 is 0 Å². The number of carbonyl (C=O) groups is 2. The monoisotopic (exact) mass is 280 g/mol. The van der Waals surface area contributed by atoms with Gasteiger partial charge in [0.1, 0.15) is 5.75 Å². The molecule has 5 nitrogen and oxygen atoms in total. The summed E-state index contributed by atoms with van der Waals surface area (Å²) < 4.78 is 0. The Bertz CT molecular complexity index is 596. The molecule has 0 aliphatic carbocycles. The van der Waals surface area contributed by atoms with Crippen molar-refractivity contribution in [1.29, 1.82) is 0 Å². The molecular weight excluding hydrogens is 268 g/mol. The maximum Gasteiger partial charge on any atom is 0.319 e. The van der Waals surface area contributed by atoms with Crippen molar-refractivity contribution < 1.29 is 14.7 Å². The lowest BCUT2D eigenvalue weighted by atomic mass is 9.92. The average Bonchev–Trinajstić information content (AvgIpc) is 2.30. The first kappa shape index (κ1) is 13.4. The number of carbonyl (C=O) groups excluding carboxylic acids is 2. The number of phenols is 1. The zero-order valence-electron chi connectivity index (χ0n) is 10.5. The van der Waals surface area contributed by atoms with Crippen molar-refractivity contribution in [2.75, 3.05) is 0 Å². The first-order chi connectivity index (χ1) is 8.90. The average molecular weight is 281 g/mol. The van der Waals surface area contributed by atoms with Crippen LogP contribution in [-0.2, 0) is 4.79 Å². The normalized spacial score (nSPS) is 18.9. The van der Waals surface area contributed by atoms with Gasteiger partial charge in [0.05, 0.1) is 6.04 Å². The van der Waals surface area contributed by atoms with Gasteiger partial charge in [0.15, 0.2) is 5.78 Å². The van der Waals surface area contributed by atoms with E-state index in [0.717, 1.165) is 0 Å². The van der Waals surface area contributed by atoms with E-state index in [-0.39, 0.29) is 11.5 Å². The smallest absolute Gasteiger partial charge is 0.319 e. The Morgan fingerprint density at radius 1 is 1.42 bits per heavy atom. The third kappa shape index (κ3) is 2.56. The molecule has 19 heavy (non-hydrogen) atoms. The van der Waals surface area contributed by atoms with E-state index in [1.165, 1.54) is 25.1 Å². The van der Waals surface area contributed by atoms with Crippen molar-refractivity contribution in [3.63, 3.8) is 0 Å². The Balaban J connectivity index is 2.58. The molecule has 100 valence electrons. The van der Waals surface area contributed by atoms with Gasteiger partial charge in [-0.15, -0.1) is 0 Å². The molecule has 1 aliphatic heterocycles. The van der Waals surface area contributed by atoms with E-state index in [2.05, 4.69) is 10.6 Å². The number of nitrogens with one attached hydrogen (secondary N) is 2. The number of halogens is 1.